The first-order chi connectivity index (χ1) is 12.4. The number of H-pyrrole nitrogens is 1. The van der Waals surface area contributed by atoms with Gasteiger partial charge in [0.05, 0.1) is 0 Å². The monoisotopic (exact) mass is 335 g/mol. The number of hydrogen-bond acceptors (Lipinski definition) is 2. The molecule has 1 aromatic heterocycles. The molecule has 0 aliphatic carbocycles. The third-order valence-corrected chi connectivity index (χ3v) is 6.56. The van der Waals surface area contributed by atoms with Crippen molar-refractivity contribution >= 4 is 16.5 Å². The van der Waals surface area contributed by atoms with Crippen LogP contribution in [0.25, 0.3) is 16.5 Å². The Bertz CT molecular complexity index is 782. The summed E-state index contributed by atoms with van der Waals surface area (Å²) in [4.78, 5) is 8.75. The summed E-state index contributed by atoms with van der Waals surface area (Å²) >= 11 is 0. The third-order valence-electron chi connectivity index (χ3n) is 6.56. The molecule has 3 aliphatic heterocycles. The Labute approximate surface area is 150 Å². The van der Waals surface area contributed by atoms with Gasteiger partial charge in [-0.1, -0.05) is 12.1 Å². The van der Waals surface area contributed by atoms with Crippen molar-refractivity contribution in [1.82, 2.24) is 14.8 Å². The number of aromatic amines is 1. The number of nitrogens with zero attached hydrogens (tertiary/aromatic N) is 2. The number of likely N-dealkylation sites (tertiary alicyclic amines) is 1. The highest BCUT2D eigenvalue weighted by molar-refractivity contribution is 5.87. The lowest BCUT2D eigenvalue weighted by atomic mass is 9.93. The van der Waals surface area contributed by atoms with Crippen molar-refractivity contribution in [3.63, 3.8) is 0 Å². The fourth-order valence-electron chi connectivity index (χ4n) is 5.04. The fourth-order valence-corrected chi connectivity index (χ4v) is 5.04. The first-order valence-corrected chi connectivity index (χ1v) is 10.1. The Morgan fingerprint density at radius 3 is 2.92 bits per heavy atom. The number of rotatable bonds is 4. The summed E-state index contributed by atoms with van der Waals surface area (Å²) in [5.41, 5.74) is 5.79. The summed E-state index contributed by atoms with van der Waals surface area (Å²) in [6.07, 6.45) is 12.6. The summed E-state index contributed by atoms with van der Waals surface area (Å²) in [5.74, 6) is 0. The number of aromatic nitrogens is 1. The smallest absolute Gasteiger partial charge is 0.0457 e. The molecule has 0 saturated carbocycles. The van der Waals surface area contributed by atoms with E-state index >= 15 is 0 Å². The first kappa shape index (κ1) is 15.7. The Morgan fingerprint density at radius 1 is 1.08 bits per heavy atom. The summed E-state index contributed by atoms with van der Waals surface area (Å²) in [7, 11) is 0. The molecule has 0 bridgehead atoms. The molecule has 0 radical (unpaired) electrons. The van der Waals surface area contributed by atoms with E-state index in [1.165, 1.54) is 86.7 Å². The van der Waals surface area contributed by atoms with Crippen LogP contribution in [0, 0.1) is 0 Å². The molecular formula is C22H29N3. The van der Waals surface area contributed by atoms with Crippen LogP contribution in [-0.2, 0) is 6.42 Å². The Hall–Kier alpha value is -1.58. The summed E-state index contributed by atoms with van der Waals surface area (Å²) in [6.45, 7) is 6.23. The molecule has 1 aromatic carbocycles. The molecule has 0 spiro atoms. The zero-order chi connectivity index (χ0) is 16.6. The van der Waals surface area contributed by atoms with Gasteiger partial charge in [0.15, 0.2) is 0 Å². The van der Waals surface area contributed by atoms with Crippen LogP contribution in [0.2, 0.25) is 0 Å². The van der Waals surface area contributed by atoms with Crippen molar-refractivity contribution in [3.8, 4) is 0 Å². The minimum absolute atomic E-state index is 0.788. The molecular weight excluding hydrogens is 306 g/mol. The van der Waals surface area contributed by atoms with Crippen LogP contribution in [0.4, 0.5) is 0 Å². The molecule has 5 rings (SSSR count). The maximum absolute atomic E-state index is 3.48. The summed E-state index contributed by atoms with van der Waals surface area (Å²) in [5, 5.41) is 1.44. The van der Waals surface area contributed by atoms with Gasteiger partial charge in [0.25, 0.3) is 0 Å². The van der Waals surface area contributed by atoms with Crippen molar-refractivity contribution in [2.45, 2.75) is 44.6 Å². The maximum Gasteiger partial charge on any atom is 0.0457 e. The molecule has 3 nitrogen and oxygen atoms in total. The van der Waals surface area contributed by atoms with Gasteiger partial charge < -0.3 is 9.88 Å². The van der Waals surface area contributed by atoms with Crippen LogP contribution < -0.4 is 0 Å². The predicted molar refractivity (Wildman–Crippen MR) is 105 cm³/mol. The minimum atomic E-state index is 0.788. The van der Waals surface area contributed by atoms with Crippen LogP contribution in [0.3, 0.4) is 0 Å². The van der Waals surface area contributed by atoms with Crippen LogP contribution in [0.5, 0.6) is 0 Å². The molecule has 1 unspecified atom stereocenters. The molecule has 1 atom stereocenters. The molecule has 1 N–H and O–H groups in total. The van der Waals surface area contributed by atoms with E-state index in [2.05, 4.69) is 45.3 Å². The average molecular weight is 335 g/mol. The van der Waals surface area contributed by atoms with E-state index in [-0.39, 0.29) is 0 Å². The number of benzene rings is 1. The van der Waals surface area contributed by atoms with Gasteiger partial charge in [0.2, 0.25) is 0 Å². The molecule has 4 heterocycles. The second kappa shape index (κ2) is 6.62. The van der Waals surface area contributed by atoms with Crippen molar-refractivity contribution in [1.29, 1.82) is 0 Å². The number of hydrogen-bond donors (Lipinski definition) is 1. The molecule has 25 heavy (non-hydrogen) atoms. The van der Waals surface area contributed by atoms with Gasteiger partial charge in [-0.15, -0.1) is 0 Å². The third kappa shape index (κ3) is 3.04. The van der Waals surface area contributed by atoms with E-state index in [9.17, 15) is 0 Å². The highest BCUT2D eigenvalue weighted by Crippen LogP contribution is 2.33. The Kier molecular flexibility index (Phi) is 4.15. The lowest BCUT2D eigenvalue weighted by molar-refractivity contribution is 0.275. The predicted octanol–water partition coefficient (Wildman–Crippen LogP) is 4.06. The van der Waals surface area contributed by atoms with Gasteiger partial charge in [-0.3, -0.25) is 4.90 Å². The van der Waals surface area contributed by atoms with Crippen LogP contribution in [-0.4, -0.2) is 53.5 Å². The normalized spacial score (nSPS) is 24.8. The van der Waals surface area contributed by atoms with Gasteiger partial charge in [-0.2, -0.15) is 0 Å². The van der Waals surface area contributed by atoms with E-state index in [1.807, 2.05) is 0 Å². The van der Waals surface area contributed by atoms with E-state index in [4.69, 9.17) is 0 Å². The van der Waals surface area contributed by atoms with Gasteiger partial charge in [0, 0.05) is 36.2 Å². The van der Waals surface area contributed by atoms with Crippen LogP contribution in [0.15, 0.2) is 30.5 Å². The van der Waals surface area contributed by atoms with Crippen molar-refractivity contribution in [2.75, 3.05) is 32.7 Å². The van der Waals surface area contributed by atoms with E-state index in [0.717, 1.165) is 12.6 Å². The molecule has 2 saturated heterocycles. The molecule has 3 heteroatoms. The summed E-state index contributed by atoms with van der Waals surface area (Å²) in [6, 6.07) is 7.84. The minimum Gasteiger partial charge on any atom is -0.361 e. The SMILES string of the molecule is C1=C(c2ccc3[nH]cc(CCN4CCCC4)c3c2)CC2CCCN2C1. The van der Waals surface area contributed by atoms with Crippen molar-refractivity contribution in [3.05, 3.63) is 41.6 Å². The van der Waals surface area contributed by atoms with Crippen LogP contribution in [0.1, 0.15) is 43.2 Å². The maximum atomic E-state index is 3.48. The lowest BCUT2D eigenvalue weighted by Gasteiger charge is -2.29. The highest BCUT2D eigenvalue weighted by atomic mass is 15.2. The molecule has 2 fully saturated rings. The van der Waals surface area contributed by atoms with E-state index < -0.39 is 0 Å². The van der Waals surface area contributed by atoms with Gasteiger partial charge in [-0.25, -0.2) is 0 Å². The quantitative estimate of drug-likeness (QED) is 0.910. The van der Waals surface area contributed by atoms with Gasteiger partial charge in [-0.05, 0) is 87.0 Å². The van der Waals surface area contributed by atoms with Crippen molar-refractivity contribution in [2.24, 2.45) is 0 Å². The van der Waals surface area contributed by atoms with Crippen molar-refractivity contribution < 1.29 is 0 Å². The van der Waals surface area contributed by atoms with Gasteiger partial charge >= 0.3 is 0 Å². The topological polar surface area (TPSA) is 22.3 Å². The van der Waals surface area contributed by atoms with E-state index in [1.54, 1.807) is 5.57 Å². The summed E-state index contributed by atoms with van der Waals surface area (Å²) < 4.78 is 0. The molecule has 3 aliphatic rings. The van der Waals surface area contributed by atoms with E-state index in [0.29, 0.717) is 0 Å². The second-order valence-electron chi connectivity index (χ2n) is 8.10. The number of nitrogens with one attached hydrogen (secondary N) is 1. The number of fused-ring (bicyclic) bond motifs is 2. The standard InChI is InChI=1S/C22H29N3/c1-2-10-24(9-1)12-7-19-16-23-22-6-5-17(15-21(19)22)18-8-13-25-11-3-4-20(25)14-18/h5-6,8,15-16,20,23H,1-4,7,9-14H2. The zero-order valence-corrected chi connectivity index (χ0v) is 15.1. The highest BCUT2D eigenvalue weighted by Gasteiger charge is 2.28. The largest absolute Gasteiger partial charge is 0.361 e. The zero-order valence-electron chi connectivity index (χ0n) is 15.1. The first-order valence-electron chi connectivity index (χ1n) is 10.1. The molecule has 132 valence electrons. The molecule has 2 aromatic rings. The Morgan fingerprint density at radius 2 is 2.00 bits per heavy atom. The second-order valence-corrected chi connectivity index (χ2v) is 8.10. The Balaban J connectivity index is 1.38. The fraction of sp³-hybridized carbons (Fsp3) is 0.545. The average Bonchev–Trinajstić information content (AvgIpc) is 3.39. The van der Waals surface area contributed by atoms with Gasteiger partial charge in [0.1, 0.15) is 0 Å². The lowest BCUT2D eigenvalue weighted by Crippen LogP contribution is -2.32. The van der Waals surface area contributed by atoms with Crippen LogP contribution >= 0.6 is 0 Å². The molecule has 0 amide bonds.